The van der Waals surface area contributed by atoms with Gasteiger partial charge in [-0.3, -0.25) is 14.4 Å². The molecular formula is C15H22N2O4. The van der Waals surface area contributed by atoms with Crippen LogP contribution in [0.1, 0.15) is 38.4 Å². The standard InChI is InChI=1S/C15H22N2O4/c1-10(2)14(15(21)16-9-5-8-13(19)20)17-11(3)6-4-7-12(17)18/h4,6-7,10,14H,5,8-9H2,1-3H3,(H,16,21)(H,19,20). The van der Waals surface area contributed by atoms with E-state index in [1.54, 1.807) is 19.1 Å². The summed E-state index contributed by atoms with van der Waals surface area (Å²) in [4.78, 5) is 34.8. The number of aliphatic carboxylic acids is 1. The molecule has 1 atom stereocenters. The zero-order valence-corrected chi connectivity index (χ0v) is 12.6. The average Bonchev–Trinajstić information content (AvgIpc) is 2.38. The van der Waals surface area contributed by atoms with E-state index in [0.29, 0.717) is 6.42 Å². The van der Waals surface area contributed by atoms with E-state index >= 15 is 0 Å². The van der Waals surface area contributed by atoms with E-state index in [1.165, 1.54) is 10.6 Å². The number of hydrogen-bond acceptors (Lipinski definition) is 3. The highest BCUT2D eigenvalue weighted by Gasteiger charge is 2.25. The van der Waals surface area contributed by atoms with Gasteiger partial charge in [0.15, 0.2) is 0 Å². The number of amides is 1. The van der Waals surface area contributed by atoms with Crippen molar-refractivity contribution < 1.29 is 14.7 Å². The first-order chi connectivity index (χ1) is 9.84. The molecule has 1 rings (SSSR count). The van der Waals surface area contributed by atoms with Gasteiger partial charge in [-0.2, -0.15) is 0 Å². The number of aromatic nitrogens is 1. The second-order valence-corrected chi connectivity index (χ2v) is 5.35. The van der Waals surface area contributed by atoms with E-state index in [-0.39, 0.29) is 30.3 Å². The number of rotatable bonds is 7. The second kappa shape index (κ2) is 7.61. The van der Waals surface area contributed by atoms with E-state index in [0.717, 1.165) is 5.69 Å². The van der Waals surface area contributed by atoms with E-state index in [4.69, 9.17) is 5.11 Å². The Hall–Kier alpha value is -2.11. The molecule has 0 aliphatic heterocycles. The Balaban J connectivity index is 2.85. The molecule has 0 saturated carbocycles. The minimum absolute atomic E-state index is 0.0109. The van der Waals surface area contributed by atoms with Crippen LogP contribution in [-0.4, -0.2) is 28.1 Å². The van der Waals surface area contributed by atoms with E-state index < -0.39 is 12.0 Å². The third-order valence-corrected chi connectivity index (χ3v) is 3.24. The van der Waals surface area contributed by atoms with Crippen molar-refractivity contribution in [3.8, 4) is 0 Å². The molecule has 21 heavy (non-hydrogen) atoms. The number of nitrogens with one attached hydrogen (secondary N) is 1. The highest BCUT2D eigenvalue weighted by Crippen LogP contribution is 2.17. The van der Waals surface area contributed by atoms with Gasteiger partial charge >= 0.3 is 5.97 Å². The van der Waals surface area contributed by atoms with Crippen LogP contribution in [0.15, 0.2) is 23.0 Å². The SMILES string of the molecule is Cc1cccc(=O)n1C(C(=O)NCCCC(=O)O)C(C)C. The van der Waals surface area contributed by atoms with Gasteiger partial charge < -0.3 is 15.0 Å². The normalized spacial score (nSPS) is 12.2. The van der Waals surface area contributed by atoms with Gasteiger partial charge in [0, 0.05) is 24.7 Å². The molecule has 1 unspecified atom stereocenters. The summed E-state index contributed by atoms with van der Waals surface area (Å²) in [6.45, 7) is 5.82. The number of carbonyl (C=O) groups excluding carboxylic acids is 1. The fraction of sp³-hybridized carbons (Fsp3) is 0.533. The molecular weight excluding hydrogens is 272 g/mol. The van der Waals surface area contributed by atoms with E-state index in [2.05, 4.69) is 5.32 Å². The molecule has 0 aromatic carbocycles. The second-order valence-electron chi connectivity index (χ2n) is 5.35. The van der Waals surface area contributed by atoms with E-state index in [1.807, 2.05) is 13.8 Å². The maximum atomic E-state index is 12.3. The third-order valence-electron chi connectivity index (χ3n) is 3.24. The minimum atomic E-state index is -0.889. The Kier molecular flexibility index (Phi) is 6.14. The van der Waals surface area contributed by atoms with Crippen LogP contribution in [0.25, 0.3) is 0 Å². The molecule has 2 N–H and O–H groups in total. The summed E-state index contributed by atoms with van der Waals surface area (Å²) in [6, 6.07) is 4.29. The van der Waals surface area contributed by atoms with Crippen LogP contribution in [0.3, 0.4) is 0 Å². The molecule has 0 aliphatic carbocycles. The Morgan fingerprint density at radius 1 is 1.33 bits per heavy atom. The molecule has 0 radical (unpaired) electrons. The number of pyridine rings is 1. The zero-order chi connectivity index (χ0) is 16.0. The van der Waals surface area contributed by atoms with Gasteiger partial charge in [-0.1, -0.05) is 19.9 Å². The van der Waals surface area contributed by atoms with Crippen LogP contribution in [-0.2, 0) is 9.59 Å². The Morgan fingerprint density at radius 2 is 2.00 bits per heavy atom. The first-order valence-corrected chi connectivity index (χ1v) is 7.02. The number of hydrogen-bond donors (Lipinski definition) is 2. The lowest BCUT2D eigenvalue weighted by molar-refractivity contribution is -0.137. The Morgan fingerprint density at radius 3 is 2.52 bits per heavy atom. The summed E-state index contributed by atoms with van der Waals surface area (Å²) in [6.07, 6.45) is 0.380. The lowest BCUT2D eigenvalue weighted by Crippen LogP contribution is -2.40. The quantitative estimate of drug-likeness (QED) is 0.743. The molecule has 0 bridgehead atoms. The summed E-state index contributed by atoms with van der Waals surface area (Å²) < 4.78 is 1.48. The maximum Gasteiger partial charge on any atom is 0.303 e. The van der Waals surface area contributed by atoms with Crippen molar-refractivity contribution in [1.29, 1.82) is 0 Å². The van der Waals surface area contributed by atoms with Gasteiger partial charge in [0.05, 0.1) is 0 Å². The van der Waals surface area contributed by atoms with Crippen LogP contribution in [0.4, 0.5) is 0 Å². The highest BCUT2D eigenvalue weighted by atomic mass is 16.4. The summed E-state index contributed by atoms with van der Waals surface area (Å²) in [5.74, 6) is -1.20. The van der Waals surface area contributed by atoms with Gasteiger partial charge in [-0.05, 0) is 25.3 Å². The summed E-state index contributed by atoms with van der Waals surface area (Å²) >= 11 is 0. The van der Waals surface area contributed by atoms with Crippen LogP contribution < -0.4 is 10.9 Å². The number of aryl methyl sites for hydroxylation is 1. The van der Waals surface area contributed by atoms with Crippen molar-refractivity contribution >= 4 is 11.9 Å². The molecule has 0 spiro atoms. The predicted octanol–water partition coefficient (Wildman–Crippen LogP) is 1.33. The van der Waals surface area contributed by atoms with Crippen LogP contribution in [0, 0.1) is 12.8 Å². The molecule has 6 nitrogen and oxygen atoms in total. The highest BCUT2D eigenvalue weighted by molar-refractivity contribution is 5.80. The first kappa shape index (κ1) is 16.9. The van der Waals surface area contributed by atoms with Crippen LogP contribution in [0.2, 0.25) is 0 Å². The van der Waals surface area contributed by atoms with Crippen LogP contribution in [0.5, 0.6) is 0 Å². The molecule has 116 valence electrons. The van der Waals surface area contributed by atoms with Crippen molar-refractivity contribution in [2.45, 2.75) is 39.7 Å². The molecule has 0 aliphatic rings. The minimum Gasteiger partial charge on any atom is -0.481 e. The molecule has 1 amide bonds. The Labute approximate surface area is 123 Å². The fourth-order valence-electron chi connectivity index (χ4n) is 2.23. The molecule has 6 heteroatoms. The van der Waals surface area contributed by atoms with E-state index in [9.17, 15) is 14.4 Å². The van der Waals surface area contributed by atoms with Gasteiger partial charge in [0.2, 0.25) is 5.91 Å². The number of nitrogens with zero attached hydrogens (tertiary/aromatic N) is 1. The lowest BCUT2D eigenvalue weighted by Gasteiger charge is -2.24. The van der Waals surface area contributed by atoms with Gasteiger partial charge in [0.1, 0.15) is 6.04 Å². The Bertz CT molecular complexity index is 563. The number of carboxylic acid groups (broad SMARTS) is 1. The molecule has 1 aromatic rings. The van der Waals surface area contributed by atoms with Crippen molar-refractivity contribution in [3.05, 3.63) is 34.2 Å². The maximum absolute atomic E-state index is 12.3. The van der Waals surface area contributed by atoms with Crippen LogP contribution >= 0.6 is 0 Å². The smallest absolute Gasteiger partial charge is 0.303 e. The van der Waals surface area contributed by atoms with Crippen molar-refractivity contribution in [3.63, 3.8) is 0 Å². The van der Waals surface area contributed by atoms with Crippen molar-refractivity contribution in [2.24, 2.45) is 5.92 Å². The van der Waals surface area contributed by atoms with Gasteiger partial charge in [-0.15, -0.1) is 0 Å². The monoisotopic (exact) mass is 294 g/mol. The number of carboxylic acids is 1. The summed E-state index contributed by atoms with van der Waals surface area (Å²) in [5.41, 5.74) is 0.510. The first-order valence-electron chi connectivity index (χ1n) is 7.02. The molecule has 1 aromatic heterocycles. The summed E-state index contributed by atoms with van der Waals surface area (Å²) in [7, 11) is 0. The number of carbonyl (C=O) groups is 2. The predicted molar refractivity (Wildman–Crippen MR) is 79.2 cm³/mol. The third kappa shape index (κ3) is 4.73. The molecule has 0 fully saturated rings. The van der Waals surface area contributed by atoms with Gasteiger partial charge in [0.25, 0.3) is 5.56 Å². The lowest BCUT2D eigenvalue weighted by atomic mass is 10.0. The van der Waals surface area contributed by atoms with Crippen molar-refractivity contribution in [1.82, 2.24) is 9.88 Å². The molecule has 0 saturated heterocycles. The summed E-state index contributed by atoms with van der Waals surface area (Å²) in [5, 5.41) is 11.3. The topological polar surface area (TPSA) is 88.4 Å². The van der Waals surface area contributed by atoms with Gasteiger partial charge in [-0.25, -0.2) is 0 Å². The van der Waals surface area contributed by atoms with Crippen molar-refractivity contribution in [2.75, 3.05) is 6.54 Å². The zero-order valence-electron chi connectivity index (χ0n) is 12.6. The average molecular weight is 294 g/mol. The fourth-order valence-corrected chi connectivity index (χ4v) is 2.23. The molecule has 1 heterocycles. The largest absolute Gasteiger partial charge is 0.481 e.